The molecule has 0 aliphatic heterocycles. The maximum Gasteiger partial charge on any atom is 0.198 e. The minimum atomic E-state index is 0.0295. The summed E-state index contributed by atoms with van der Waals surface area (Å²) in [5, 5.41) is 3.86. The number of carbonyl (C=O) groups excluding carboxylic acids is 1. The average Bonchev–Trinajstić information content (AvgIpc) is 3.37. The van der Waals surface area contributed by atoms with Crippen LogP contribution in [0.3, 0.4) is 0 Å². The standard InChI is InChI=1S/C21H19NO2/c23-20(19-14-22-24-21(19)17-12-13-17)18-9-5-4-8-16(18)11-10-15-6-2-1-3-7-15/h1-9,14,17H,10-13H2. The van der Waals surface area contributed by atoms with Crippen LogP contribution in [0.1, 0.15) is 51.6 Å². The maximum absolute atomic E-state index is 13.0. The van der Waals surface area contributed by atoms with E-state index in [1.54, 1.807) is 6.20 Å². The molecule has 3 aromatic rings. The number of hydrogen-bond acceptors (Lipinski definition) is 3. The SMILES string of the molecule is O=C(c1ccccc1CCc1ccccc1)c1cnoc1C1CC1. The topological polar surface area (TPSA) is 43.1 Å². The van der Waals surface area contributed by atoms with Crippen LogP contribution in [0.2, 0.25) is 0 Å². The van der Waals surface area contributed by atoms with E-state index in [9.17, 15) is 4.79 Å². The first-order valence-corrected chi connectivity index (χ1v) is 8.44. The molecule has 1 heterocycles. The summed E-state index contributed by atoms with van der Waals surface area (Å²) in [4.78, 5) is 13.0. The first-order chi connectivity index (χ1) is 11.8. The fraction of sp³-hybridized carbons (Fsp3) is 0.238. The molecule has 0 radical (unpaired) electrons. The summed E-state index contributed by atoms with van der Waals surface area (Å²) in [5.41, 5.74) is 3.75. The molecule has 120 valence electrons. The van der Waals surface area contributed by atoms with Gasteiger partial charge in [-0.3, -0.25) is 4.79 Å². The lowest BCUT2D eigenvalue weighted by Gasteiger charge is -2.08. The highest BCUT2D eigenvalue weighted by molar-refractivity contribution is 6.10. The molecule has 1 aliphatic carbocycles. The van der Waals surface area contributed by atoms with Gasteiger partial charge in [0, 0.05) is 11.5 Å². The van der Waals surface area contributed by atoms with Gasteiger partial charge in [0.25, 0.3) is 0 Å². The van der Waals surface area contributed by atoms with Crippen molar-refractivity contribution in [2.24, 2.45) is 0 Å². The zero-order valence-corrected chi connectivity index (χ0v) is 13.4. The van der Waals surface area contributed by atoms with Gasteiger partial charge in [0.05, 0.1) is 11.8 Å². The molecule has 0 spiro atoms. The Morgan fingerprint density at radius 1 is 0.958 bits per heavy atom. The highest BCUT2D eigenvalue weighted by atomic mass is 16.5. The summed E-state index contributed by atoms with van der Waals surface area (Å²) in [6.45, 7) is 0. The molecule has 3 nitrogen and oxygen atoms in total. The van der Waals surface area contributed by atoms with E-state index in [0.29, 0.717) is 11.5 Å². The summed E-state index contributed by atoms with van der Waals surface area (Å²) >= 11 is 0. The van der Waals surface area contributed by atoms with Crippen LogP contribution >= 0.6 is 0 Å². The van der Waals surface area contributed by atoms with Gasteiger partial charge in [-0.2, -0.15) is 0 Å². The normalized spacial score (nSPS) is 13.8. The zero-order valence-electron chi connectivity index (χ0n) is 13.4. The lowest BCUT2D eigenvalue weighted by atomic mass is 9.94. The second-order valence-electron chi connectivity index (χ2n) is 6.35. The lowest BCUT2D eigenvalue weighted by Crippen LogP contribution is -2.07. The number of aromatic nitrogens is 1. The first-order valence-electron chi connectivity index (χ1n) is 8.44. The third kappa shape index (κ3) is 3.02. The van der Waals surface area contributed by atoms with E-state index in [0.717, 1.165) is 42.6 Å². The van der Waals surface area contributed by atoms with Crippen molar-refractivity contribution < 1.29 is 9.32 Å². The van der Waals surface area contributed by atoms with E-state index in [-0.39, 0.29) is 5.78 Å². The number of benzene rings is 2. The van der Waals surface area contributed by atoms with Gasteiger partial charge < -0.3 is 4.52 Å². The van der Waals surface area contributed by atoms with Gasteiger partial charge in [0.2, 0.25) is 0 Å². The van der Waals surface area contributed by atoms with Gasteiger partial charge >= 0.3 is 0 Å². The van der Waals surface area contributed by atoms with Crippen molar-refractivity contribution in [3.05, 3.63) is 88.8 Å². The molecular formula is C21H19NO2. The Balaban J connectivity index is 1.59. The number of aryl methyl sites for hydroxylation is 2. The van der Waals surface area contributed by atoms with Gasteiger partial charge in [0.15, 0.2) is 11.5 Å². The van der Waals surface area contributed by atoms with E-state index in [1.165, 1.54) is 5.56 Å². The molecule has 4 rings (SSSR count). The third-order valence-corrected chi connectivity index (χ3v) is 4.58. The summed E-state index contributed by atoms with van der Waals surface area (Å²) in [6.07, 6.45) is 5.51. The Morgan fingerprint density at radius 2 is 1.71 bits per heavy atom. The van der Waals surface area contributed by atoms with Crippen molar-refractivity contribution in [1.82, 2.24) is 5.16 Å². The van der Waals surface area contributed by atoms with Crippen molar-refractivity contribution in [3.8, 4) is 0 Å². The fourth-order valence-electron chi connectivity index (χ4n) is 3.09. The van der Waals surface area contributed by atoms with Gasteiger partial charge in [-0.15, -0.1) is 0 Å². The van der Waals surface area contributed by atoms with E-state index >= 15 is 0 Å². The number of hydrogen-bond donors (Lipinski definition) is 0. The van der Waals surface area contributed by atoms with Crippen LogP contribution in [0.5, 0.6) is 0 Å². The van der Waals surface area contributed by atoms with E-state index < -0.39 is 0 Å². The Hall–Kier alpha value is -2.68. The highest BCUT2D eigenvalue weighted by Gasteiger charge is 2.33. The molecule has 0 bridgehead atoms. The Kier molecular flexibility index (Phi) is 3.99. The largest absolute Gasteiger partial charge is 0.360 e. The second-order valence-corrected chi connectivity index (χ2v) is 6.35. The number of nitrogens with zero attached hydrogens (tertiary/aromatic N) is 1. The number of rotatable bonds is 6. The van der Waals surface area contributed by atoms with Crippen molar-refractivity contribution in [2.45, 2.75) is 31.6 Å². The molecule has 2 aromatic carbocycles. The van der Waals surface area contributed by atoms with Crippen LogP contribution in [-0.2, 0) is 12.8 Å². The van der Waals surface area contributed by atoms with E-state index in [1.807, 2.05) is 42.5 Å². The van der Waals surface area contributed by atoms with Crippen LogP contribution < -0.4 is 0 Å². The second kappa shape index (κ2) is 6.44. The maximum atomic E-state index is 13.0. The van der Waals surface area contributed by atoms with Crippen LogP contribution in [0, 0.1) is 0 Å². The average molecular weight is 317 g/mol. The summed E-state index contributed by atoms with van der Waals surface area (Å²) in [7, 11) is 0. The van der Waals surface area contributed by atoms with Crippen LogP contribution in [0.4, 0.5) is 0 Å². The lowest BCUT2D eigenvalue weighted by molar-refractivity contribution is 0.103. The molecule has 0 atom stereocenters. The molecule has 1 aromatic heterocycles. The van der Waals surface area contributed by atoms with Gasteiger partial charge in [-0.05, 0) is 36.8 Å². The molecule has 0 saturated heterocycles. The van der Waals surface area contributed by atoms with E-state index in [4.69, 9.17) is 4.52 Å². The predicted molar refractivity (Wildman–Crippen MR) is 92.2 cm³/mol. The Labute approximate surface area is 141 Å². The van der Waals surface area contributed by atoms with Crippen molar-refractivity contribution in [2.75, 3.05) is 0 Å². The smallest absolute Gasteiger partial charge is 0.198 e. The van der Waals surface area contributed by atoms with Gasteiger partial charge in [0.1, 0.15) is 0 Å². The van der Waals surface area contributed by atoms with Crippen molar-refractivity contribution in [3.63, 3.8) is 0 Å². The number of ketones is 1. The molecule has 24 heavy (non-hydrogen) atoms. The molecular weight excluding hydrogens is 298 g/mol. The zero-order chi connectivity index (χ0) is 16.4. The monoisotopic (exact) mass is 317 g/mol. The summed E-state index contributed by atoms with van der Waals surface area (Å²) in [6, 6.07) is 18.2. The molecule has 0 amide bonds. The van der Waals surface area contributed by atoms with Gasteiger partial charge in [-0.25, -0.2) is 0 Å². The minimum Gasteiger partial charge on any atom is -0.360 e. The molecule has 1 saturated carbocycles. The third-order valence-electron chi connectivity index (χ3n) is 4.58. The quantitative estimate of drug-likeness (QED) is 0.626. The summed E-state index contributed by atoms with van der Waals surface area (Å²) < 4.78 is 5.33. The number of carbonyl (C=O) groups is 1. The van der Waals surface area contributed by atoms with Crippen molar-refractivity contribution >= 4 is 5.78 Å². The van der Waals surface area contributed by atoms with E-state index in [2.05, 4.69) is 17.3 Å². The molecule has 0 unspecified atom stereocenters. The Morgan fingerprint density at radius 3 is 2.50 bits per heavy atom. The predicted octanol–water partition coefficient (Wildman–Crippen LogP) is 4.57. The minimum absolute atomic E-state index is 0.0295. The first kappa shape index (κ1) is 14.9. The fourth-order valence-corrected chi connectivity index (χ4v) is 3.09. The summed E-state index contributed by atoms with van der Waals surface area (Å²) in [5.74, 6) is 1.17. The van der Waals surface area contributed by atoms with Crippen LogP contribution in [0.15, 0.2) is 65.3 Å². The van der Waals surface area contributed by atoms with Crippen LogP contribution in [-0.4, -0.2) is 10.9 Å². The van der Waals surface area contributed by atoms with Crippen LogP contribution in [0.25, 0.3) is 0 Å². The van der Waals surface area contributed by atoms with Crippen molar-refractivity contribution in [1.29, 1.82) is 0 Å². The molecule has 3 heteroatoms. The molecule has 1 aliphatic rings. The Bertz CT molecular complexity index is 847. The highest BCUT2D eigenvalue weighted by Crippen LogP contribution is 2.42. The molecule has 0 N–H and O–H groups in total. The molecule has 1 fully saturated rings. The van der Waals surface area contributed by atoms with Gasteiger partial charge in [-0.1, -0.05) is 59.8 Å².